The zero-order valence-electron chi connectivity index (χ0n) is 9.42. The highest BCUT2D eigenvalue weighted by atomic mass is 16.3. The van der Waals surface area contributed by atoms with Crippen LogP contribution in [0.4, 0.5) is 0 Å². The van der Waals surface area contributed by atoms with Crippen LogP contribution in [-0.4, -0.2) is 37.3 Å². The van der Waals surface area contributed by atoms with Crippen molar-refractivity contribution in [2.24, 2.45) is 5.92 Å². The lowest BCUT2D eigenvalue weighted by Gasteiger charge is -2.13. The Morgan fingerprint density at radius 1 is 1.15 bits per heavy atom. The molecule has 0 spiro atoms. The molecule has 0 saturated heterocycles. The van der Waals surface area contributed by atoms with E-state index in [1.54, 1.807) is 0 Å². The molecule has 2 heteroatoms. The molecule has 0 aromatic carbocycles. The van der Waals surface area contributed by atoms with Gasteiger partial charge in [-0.1, -0.05) is 19.8 Å². The summed E-state index contributed by atoms with van der Waals surface area (Å²) in [4.78, 5) is 2.22. The predicted molar refractivity (Wildman–Crippen MR) is 57.9 cm³/mol. The fourth-order valence-electron chi connectivity index (χ4n) is 1.60. The Bertz CT molecular complexity index is 104. The SMILES string of the molecule is CCC[C@H](CO)CCCCN(C)C. The summed E-state index contributed by atoms with van der Waals surface area (Å²) in [5.74, 6) is 0.548. The van der Waals surface area contributed by atoms with Crippen LogP contribution >= 0.6 is 0 Å². The molecule has 0 heterocycles. The molecule has 0 aliphatic heterocycles. The van der Waals surface area contributed by atoms with Crippen LogP contribution in [0.2, 0.25) is 0 Å². The van der Waals surface area contributed by atoms with Gasteiger partial charge in [0.2, 0.25) is 0 Å². The molecule has 0 aliphatic carbocycles. The molecule has 0 saturated carbocycles. The highest BCUT2D eigenvalue weighted by molar-refractivity contribution is 4.57. The van der Waals surface area contributed by atoms with Crippen LogP contribution in [0, 0.1) is 5.92 Å². The molecule has 2 nitrogen and oxygen atoms in total. The molecule has 0 rings (SSSR count). The number of aliphatic hydroxyl groups is 1. The standard InChI is InChI=1S/C11H25NO/c1-4-7-11(10-13)8-5-6-9-12(2)3/h11,13H,4-10H2,1-3H3/t11-/m0/s1. The van der Waals surface area contributed by atoms with Crippen molar-refractivity contribution >= 4 is 0 Å². The van der Waals surface area contributed by atoms with Crippen LogP contribution in [0.25, 0.3) is 0 Å². The molecular weight excluding hydrogens is 162 g/mol. The molecule has 0 aromatic rings. The van der Waals surface area contributed by atoms with Gasteiger partial charge in [-0.05, 0) is 45.8 Å². The summed E-state index contributed by atoms with van der Waals surface area (Å²) in [7, 11) is 4.21. The Balaban J connectivity index is 3.27. The summed E-state index contributed by atoms with van der Waals surface area (Å²) in [6, 6.07) is 0. The van der Waals surface area contributed by atoms with Gasteiger partial charge in [0, 0.05) is 6.61 Å². The smallest absolute Gasteiger partial charge is 0.0459 e. The molecule has 0 amide bonds. The number of hydrogen-bond acceptors (Lipinski definition) is 2. The van der Waals surface area contributed by atoms with Crippen molar-refractivity contribution in [2.45, 2.75) is 39.0 Å². The van der Waals surface area contributed by atoms with Gasteiger partial charge < -0.3 is 10.0 Å². The Kier molecular flexibility index (Phi) is 8.46. The number of unbranched alkanes of at least 4 members (excludes halogenated alkanes) is 1. The van der Waals surface area contributed by atoms with E-state index in [1.165, 1.54) is 38.6 Å². The molecule has 0 radical (unpaired) electrons. The Labute approximate surface area is 82.9 Å². The lowest BCUT2D eigenvalue weighted by molar-refractivity contribution is 0.205. The first-order valence-electron chi connectivity index (χ1n) is 5.46. The van der Waals surface area contributed by atoms with Gasteiger partial charge in [0.15, 0.2) is 0 Å². The molecule has 80 valence electrons. The molecule has 0 aliphatic rings. The molecule has 1 N–H and O–H groups in total. The predicted octanol–water partition coefficient (Wildman–Crippen LogP) is 2.13. The average Bonchev–Trinajstić information content (AvgIpc) is 2.10. The quantitative estimate of drug-likeness (QED) is 0.588. The van der Waals surface area contributed by atoms with E-state index in [1.807, 2.05) is 0 Å². The highest BCUT2D eigenvalue weighted by Crippen LogP contribution is 2.13. The summed E-state index contributed by atoms with van der Waals surface area (Å²) >= 11 is 0. The topological polar surface area (TPSA) is 23.5 Å². The first-order valence-corrected chi connectivity index (χ1v) is 5.46. The summed E-state index contributed by atoms with van der Waals surface area (Å²) in [6.07, 6.45) is 6.08. The van der Waals surface area contributed by atoms with Gasteiger partial charge in [-0.2, -0.15) is 0 Å². The second-order valence-corrected chi connectivity index (χ2v) is 4.14. The second-order valence-electron chi connectivity index (χ2n) is 4.14. The van der Waals surface area contributed by atoms with E-state index in [-0.39, 0.29) is 0 Å². The number of hydrogen-bond donors (Lipinski definition) is 1. The number of nitrogens with zero attached hydrogens (tertiary/aromatic N) is 1. The highest BCUT2D eigenvalue weighted by Gasteiger charge is 2.05. The summed E-state index contributed by atoms with van der Waals surface area (Å²) in [5, 5.41) is 9.06. The van der Waals surface area contributed by atoms with Gasteiger partial charge in [0.1, 0.15) is 0 Å². The first-order chi connectivity index (χ1) is 6.20. The maximum absolute atomic E-state index is 9.06. The van der Waals surface area contributed by atoms with Crippen LogP contribution < -0.4 is 0 Å². The van der Waals surface area contributed by atoms with Crippen LogP contribution in [0.5, 0.6) is 0 Å². The Morgan fingerprint density at radius 3 is 2.31 bits per heavy atom. The van der Waals surface area contributed by atoms with Crippen LogP contribution in [0.1, 0.15) is 39.0 Å². The van der Waals surface area contributed by atoms with E-state index < -0.39 is 0 Å². The van der Waals surface area contributed by atoms with Crippen molar-refractivity contribution in [3.63, 3.8) is 0 Å². The molecule has 0 fully saturated rings. The van der Waals surface area contributed by atoms with Crippen molar-refractivity contribution in [1.82, 2.24) is 4.90 Å². The van der Waals surface area contributed by atoms with Crippen molar-refractivity contribution in [1.29, 1.82) is 0 Å². The van der Waals surface area contributed by atoms with Crippen molar-refractivity contribution in [2.75, 3.05) is 27.2 Å². The minimum atomic E-state index is 0.371. The number of rotatable bonds is 8. The maximum atomic E-state index is 9.06. The maximum Gasteiger partial charge on any atom is 0.0459 e. The summed E-state index contributed by atoms with van der Waals surface area (Å²) in [6.45, 7) is 3.72. The third kappa shape index (κ3) is 8.26. The minimum Gasteiger partial charge on any atom is -0.396 e. The Morgan fingerprint density at radius 2 is 1.85 bits per heavy atom. The normalized spacial score (nSPS) is 13.6. The molecule has 0 bridgehead atoms. The molecule has 0 aromatic heterocycles. The van der Waals surface area contributed by atoms with E-state index in [0.29, 0.717) is 12.5 Å². The van der Waals surface area contributed by atoms with Crippen LogP contribution in [-0.2, 0) is 0 Å². The minimum absolute atomic E-state index is 0.371. The van der Waals surface area contributed by atoms with E-state index in [0.717, 1.165) is 0 Å². The molecule has 0 unspecified atom stereocenters. The third-order valence-electron chi connectivity index (χ3n) is 2.42. The lowest BCUT2D eigenvalue weighted by Crippen LogP contribution is -2.13. The van der Waals surface area contributed by atoms with E-state index >= 15 is 0 Å². The van der Waals surface area contributed by atoms with Crippen molar-refractivity contribution < 1.29 is 5.11 Å². The second kappa shape index (κ2) is 8.52. The summed E-state index contributed by atoms with van der Waals surface area (Å²) in [5.41, 5.74) is 0. The van der Waals surface area contributed by atoms with Gasteiger partial charge in [-0.3, -0.25) is 0 Å². The lowest BCUT2D eigenvalue weighted by atomic mass is 9.98. The van der Waals surface area contributed by atoms with Gasteiger partial charge >= 0.3 is 0 Å². The molecular formula is C11H25NO. The number of aliphatic hydroxyl groups excluding tert-OH is 1. The van der Waals surface area contributed by atoms with Gasteiger partial charge in [-0.25, -0.2) is 0 Å². The van der Waals surface area contributed by atoms with Gasteiger partial charge in [-0.15, -0.1) is 0 Å². The van der Waals surface area contributed by atoms with E-state index in [9.17, 15) is 0 Å². The van der Waals surface area contributed by atoms with Crippen LogP contribution in [0.3, 0.4) is 0 Å². The van der Waals surface area contributed by atoms with Gasteiger partial charge in [0.25, 0.3) is 0 Å². The van der Waals surface area contributed by atoms with E-state index in [4.69, 9.17) is 5.11 Å². The average molecular weight is 187 g/mol. The molecule has 13 heavy (non-hydrogen) atoms. The monoisotopic (exact) mass is 187 g/mol. The zero-order valence-corrected chi connectivity index (χ0v) is 9.42. The van der Waals surface area contributed by atoms with Crippen molar-refractivity contribution in [3.05, 3.63) is 0 Å². The third-order valence-corrected chi connectivity index (χ3v) is 2.42. The first kappa shape index (κ1) is 12.9. The fraction of sp³-hybridized carbons (Fsp3) is 1.00. The zero-order chi connectivity index (χ0) is 10.1. The fourth-order valence-corrected chi connectivity index (χ4v) is 1.60. The molecule has 1 atom stereocenters. The van der Waals surface area contributed by atoms with E-state index in [2.05, 4.69) is 25.9 Å². The Hall–Kier alpha value is -0.0800. The van der Waals surface area contributed by atoms with Crippen molar-refractivity contribution in [3.8, 4) is 0 Å². The largest absolute Gasteiger partial charge is 0.396 e. The van der Waals surface area contributed by atoms with Gasteiger partial charge in [0.05, 0.1) is 0 Å². The van der Waals surface area contributed by atoms with Crippen LogP contribution in [0.15, 0.2) is 0 Å². The summed E-state index contributed by atoms with van der Waals surface area (Å²) < 4.78 is 0.